The van der Waals surface area contributed by atoms with E-state index in [2.05, 4.69) is 5.32 Å². The molecule has 2 rings (SSSR count). The number of amides is 1. The number of anilines is 1. The van der Waals surface area contributed by atoms with E-state index in [1.807, 2.05) is 42.5 Å². The summed E-state index contributed by atoms with van der Waals surface area (Å²) in [4.78, 5) is 11.3. The summed E-state index contributed by atoms with van der Waals surface area (Å²) in [5.74, 6) is -0.0226. The summed E-state index contributed by atoms with van der Waals surface area (Å²) in [5.41, 5.74) is 3.03. The van der Waals surface area contributed by atoms with Crippen molar-refractivity contribution in [2.24, 2.45) is 0 Å². The van der Waals surface area contributed by atoms with Crippen molar-refractivity contribution in [2.75, 3.05) is 5.32 Å². The number of aryl methyl sites for hydroxylation is 2. The van der Waals surface area contributed by atoms with Crippen molar-refractivity contribution in [3.05, 3.63) is 59.7 Å². The summed E-state index contributed by atoms with van der Waals surface area (Å²) in [5, 5.41) is 20.3. The Morgan fingerprint density at radius 3 is 2.05 bits per heavy atom. The lowest BCUT2D eigenvalue weighted by Gasteiger charge is -2.05. The van der Waals surface area contributed by atoms with Gasteiger partial charge in [-0.25, -0.2) is 0 Å². The summed E-state index contributed by atoms with van der Waals surface area (Å²) in [7, 11) is 0. The quantitative estimate of drug-likeness (QED) is 0.884. The second kappa shape index (κ2) is 7.11. The lowest BCUT2D eigenvalue weighted by atomic mass is 10.0. The van der Waals surface area contributed by atoms with Gasteiger partial charge in [0.25, 0.3) is 0 Å². The highest BCUT2D eigenvalue weighted by atomic mass is 16.3. The SMILES string of the molecule is N#CCC(=O)Nc1ccc(CCc2ccc(O)cc2)cc1. The molecule has 4 nitrogen and oxygen atoms in total. The third-order valence-electron chi connectivity index (χ3n) is 3.12. The topological polar surface area (TPSA) is 73.1 Å². The Morgan fingerprint density at radius 1 is 1.00 bits per heavy atom. The molecule has 2 aromatic rings. The minimum atomic E-state index is -0.297. The maximum atomic E-state index is 11.3. The molecule has 0 aliphatic carbocycles. The van der Waals surface area contributed by atoms with E-state index in [1.54, 1.807) is 12.1 Å². The minimum Gasteiger partial charge on any atom is -0.508 e. The number of nitrogens with one attached hydrogen (secondary N) is 1. The lowest BCUT2D eigenvalue weighted by molar-refractivity contribution is -0.115. The molecule has 0 aliphatic rings. The van der Waals surface area contributed by atoms with Crippen molar-refractivity contribution in [1.29, 1.82) is 5.26 Å². The average molecular weight is 280 g/mol. The molecule has 0 spiro atoms. The first-order valence-electron chi connectivity index (χ1n) is 6.71. The average Bonchev–Trinajstić information content (AvgIpc) is 2.48. The Balaban J connectivity index is 1.89. The van der Waals surface area contributed by atoms with Gasteiger partial charge in [0.05, 0.1) is 6.07 Å². The van der Waals surface area contributed by atoms with Gasteiger partial charge in [-0.05, 0) is 48.2 Å². The van der Waals surface area contributed by atoms with Crippen LogP contribution in [0, 0.1) is 11.3 Å². The van der Waals surface area contributed by atoms with Crippen LogP contribution in [0.5, 0.6) is 5.75 Å². The number of nitriles is 1. The summed E-state index contributed by atoms with van der Waals surface area (Å²) in [6, 6.07) is 16.6. The Hall–Kier alpha value is -2.80. The van der Waals surface area contributed by atoms with Crippen LogP contribution in [-0.2, 0) is 17.6 Å². The third kappa shape index (κ3) is 4.66. The molecule has 2 aromatic carbocycles. The molecule has 106 valence electrons. The van der Waals surface area contributed by atoms with Crippen LogP contribution in [-0.4, -0.2) is 11.0 Å². The van der Waals surface area contributed by atoms with E-state index in [-0.39, 0.29) is 18.1 Å². The standard InChI is InChI=1S/C17H16N2O2/c18-12-11-17(21)19-15-7-3-13(4-8-15)1-2-14-5-9-16(20)10-6-14/h3-10,20H,1-2,11H2,(H,19,21). The number of phenolic OH excluding ortho intramolecular Hbond substituents is 1. The normalized spacial score (nSPS) is 9.86. The van der Waals surface area contributed by atoms with Crippen molar-refractivity contribution in [1.82, 2.24) is 0 Å². The van der Waals surface area contributed by atoms with Crippen LogP contribution in [0.3, 0.4) is 0 Å². The van der Waals surface area contributed by atoms with Crippen LogP contribution < -0.4 is 5.32 Å². The Morgan fingerprint density at radius 2 is 1.52 bits per heavy atom. The minimum absolute atomic E-state index is 0.136. The van der Waals surface area contributed by atoms with Crippen LogP contribution in [0.1, 0.15) is 17.5 Å². The number of hydrogen-bond donors (Lipinski definition) is 2. The monoisotopic (exact) mass is 280 g/mol. The molecule has 21 heavy (non-hydrogen) atoms. The number of hydrogen-bond acceptors (Lipinski definition) is 3. The molecule has 0 radical (unpaired) electrons. The van der Waals surface area contributed by atoms with E-state index in [0.29, 0.717) is 5.69 Å². The molecular weight excluding hydrogens is 264 g/mol. The van der Waals surface area contributed by atoms with Gasteiger partial charge in [-0.15, -0.1) is 0 Å². The zero-order valence-corrected chi connectivity index (χ0v) is 11.5. The van der Waals surface area contributed by atoms with Crippen molar-refractivity contribution in [3.8, 4) is 11.8 Å². The van der Waals surface area contributed by atoms with Gasteiger partial charge in [0.1, 0.15) is 12.2 Å². The molecule has 4 heteroatoms. The number of aromatic hydroxyl groups is 1. The Labute approximate surface area is 123 Å². The van der Waals surface area contributed by atoms with Crippen LogP contribution >= 0.6 is 0 Å². The Kier molecular flexibility index (Phi) is 4.94. The van der Waals surface area contributed by atoms with Crippen LogP contribution in [0.2, 0.25) is 0 Å². The highest BCUT2D eigenvalue weighted by Gasteiger charge is 2.01. The molecule has 0 aliphatic heterocycles. The fourth-order valence-corrected chi connectivity index (χ4v) is 1.98. The van der Waals surface area contributed by atoms with E-state index in [1.165, 1.54) is 11.1 Å². The number of carbonyl (C=O) groups excluding carboxylic acids is 1. The summed E-state index contributed by atoms with van der Waals surface area (Å²) < 4.78 is 0. The largest absolute Gasteiger partial charge is 0.508 e. The van der Waals surface area contributed by atoms with E-state index in [0.717, 1.165) is 12.8 Å². The van der Waals surface area contributed by atoms with Crippen molar-refractivity contribution < 1.29 is 9.90 Å². The van der Waals surface area contributed by atoms with Gasteiger partial charge in [0.15, 0.2) is 0 Å². The summed E-state index contributed by atoms with van der Waals surface area (Å²) >= 11 is 0. The molecule has 0 fully saturated rings. The second-order valence-electron chi connectivity index (χ2n) is 4.75. The van der Waals surface area contributed by atoms with Gasteiger partial charge >= 0.3 is 0 Å². The molecule has 0 unspecified atom stereocenters. The number of benzene rings is 2. The van der Waals surface area contributed by atoms with Crippen molar-refractivity contribution in [3.63, 3.8) is 0 Å². The first-order chi connectivity index (χ1) is 10.2. The maximum absolute atomic E-state index is 11.3. The van der Waals surface area contributed by atoms with Gasteiger partial charge in [-0.2, -0.15) is 5.26 Å². The van der Waals surface area contributed by atoms with Crippen LogP contribution in [0.4, 0.5) is 5.69 Å². The number of phenols is 1. The van der Waals surface area contributed by atoms with Crippen LogP contribution in [0.15, 0.2) is 48.5 Å². The number of rotatable bonds is 5. The predicted octanol–water partition coefficient (Wildman–Crippen LogP) is 3.03. The molecular formula is C17H16N2O2. The fourth-order valence-electron chi connectivity index (χ4n) is 1.98. The first-order valence-corrected chi connectivity index (χ1v) is 6.71. The van der Waals surface area contributed by atoms with Crippen molar-refractivity contribution in [2.45, 2.75) is 19.3 Å². The van der Waals surface area contributed by atoms with Crippen molar-refractivity contribution >= 4 is 11.6 Å². The molecule has 0 saturated heterocycles. The Bertz CT molecular complexity index is 640. The zero-order valence-electron chi connectivity index (χ0n) is 11.5. The molecule has 0 saturated carbocycles. The molecule has 1 amide bonds. The third-order valence-corrected chi connectivity index (χ3v) is 3.12. The molecule has 0 heterocycles. The lowest BCUT2D eigenvalue weighted by Crippen LogP contribution is -2.09. The van der Waals surface area contributed by atoms with E-state index in [9.17, 15) is 9.90 Å². The highest BCUT2D eigenvalue weighted by molar-refractivity contribution is 5.91. The van der Waals surface area contributed by atoms with Gasteiger partial charge in [0.2, 0.25) is 5.91 Å². The fraction of sp³-hybridized carbons (Fsp3) is 0.176. The second-order valence-corrected chi connectivity index (χ2v) is 4.75. The van der Waals surface area contributed by atoms with Crippen LogP contribution in [0.25, 0.3) is 0 Å². The van der Waals surface area contributed by atoms with E-state index >= 15 is 0 Å². The highest BCUT2D eigenvalue weighted by Crippen LogP contribution is 2.14. The van der Waals surface area contributed by atoms with Gasteiger partial charge in [0, 0.05) is 5.69 Å². The van der Waals surface area contributed by atoms with Gasteiger partial charge < -0.3 is 10.4 Å². The first kappa shape index (κ1) is 14.6. The predicted molar refractivity (Wildman–Crippen MR) is 80.8 cm³/mol. The number of carbonyl (C=O) groups is 1. The number of nitrogens with zero attached hydrogens (tertiary/aromatic N) is 1. The van der Waals surface area contributed by atoms with E-state index < -0.39 is 0 Å². The molecule has 0 bridgehead atoms. The summed E-state index contributed by atoms with van der Waals surface area (Å²) in [6.45, 7) is 0. The van der Waals surface area contributed by atoms with E-state index in [4.69, 9.17) is 5.26 Å². The smallest absolute Gasteiger partial charge is 0.238 e. The zero-order chi connectivity index (χ0) is 15.1. The molecule has 0 atom stereocenters. The maximum Gasteiger partial charge on any atom is 0.238 e. The molecule has 2 N–H and O–H groups in total. The van der Waals surface area contributed by atoms with Gasteiger partial charge in [-0.1, -0.05) is 24.3 Å². The van der Waals surface area contributed by atoms with Gasteiger partial charge in [-0.3, -0.25) is 4.79 Å². The molecule has 0 aromatic heterocycles. The summed E-state index contributed by atoms with van der Waals surface area (Å²) in [6.07, 6.45) is 1.64.